The molecule has 0 unspecified atom stereocenters. The number of nitriles is 1. The molecule has 0 bridgehead atoms. The summed E-state index contributed by atoms with van der Waals surface area (Å²) in [5.74, 6) is -0.863. The first-order valence-electron chi connectivity index (χ1n) is 4.10. The molecule has 0 aliphatic carbocycles. The van der Waals surface area contributed by atoms with Crippen LogP contribution in [0.15, 0.2) is 18.5 Å². The summed E-state index contributed by atoms with van der Waals surface area (Å²) in [4.78, 5) is 14.2. The van der Waals surface area contributed by atoms with Gasteiger partial charge in [0.05, 0.1) is 0 Å². The van der Waals surface area contributed by atoms with E-state index in [1.54, 1.807) is 6.07 Å². The van der Waals surface area contributed by atoms with E-state index in [0.29, 0.717) is 5.82 Å². The molecule has 2 heterocycles. The summed E-state index contributed by atoms with van der Waals surface area (Å²) in [7, 11) is 0. The highest BCUT2D eigenvalue weighted by Gasteiger charge is 2.07. The lowest BCUT2D eigenvalue weighted by Crippen LogP contribution is -2.05. The van der Waals surface area contributed by atoms with Crippen molar-refractivity contribution in [3.05, 3.63) is 30.0 Å². The van der Waals surface area contributed by atoms with Gasteiger partial charge in [-0.15, -0.1) is 15.3 Å². The molecule has 2 rings (SSSR count). The highest BCUT2D eigenvalue weighted by molar-refractivity contribution is 5.85. The van der Waals surface area contributed by atoms with Gasteiger partial charge < -0.3 is 5.11 Å². The van der Waals surface area contributed by atoms with Gasteiger partial charge in [0.15, 0.2) is 11.5 Å². The molecule has 0 aliphatic rings. The Morgan fingerprint density at radius 2 is 2.25 bits per heavy atom. The van der Waals surface area contributed by atoms with Gasteiger partial charge in [0, 0.05) is 0 Å². The Hall–Kier alpha value is -2.82. The van der Waals surface area contributed by atoms with E-state index in [-0.39, 0.29) is 11.5 Å². The van der Waals surface area contributed by atoms with Crippen LogP contribution in [-0.2, 0) is 0 Å². The molecule has 0 saturated carbocycles. The predicted octanol–water partition coefficient (Wildman–Crippen LogP) is -0.373. The molecule has 78 valence electrons. The van der Waals surface area contributed by atoms with Crippen LogP contribution in [0.3, 0.4) is 0 Å². The van der Waals surface area contributed by atoms with E-state index in [0.717, 1.165) is 0 Å². The normalized spacial score (nSPS) is 9.69. The summed E-state index contributed by atoms with van der Waals surface area (Å²) in [5, 5.41) is 28.0. The summed E-state index contributed by atoms with van der Waals surface area (Å²) < 4.78 is 1.23. The predicted molar refractivity (Wildman–Crippen MR) is 48.6 cm³/mol. The van der Waals surface area contributed by atoms with E-state index in [1.807, 2.05) is 0 Å². The molecule has 0 aliphatic heterocycles. The third-order valence-corrected chi connectivity index (χ3v) is 1.70. The van der Waals surface area contributed by atoms with Gasteiger partial charge in [-0.05, 0) is 12.1 Å². The van der Waals surface area contributed by atoms with Gasteiger partial charge in [-0.3, -0.25) is 0 Å². The zero-order valence-electron chi connectivity index (χ0n) is 7.77. The topological polar surface area (TPSA) is 118 Å². The minimum atomic E-state index is -1.16. The van der Waals surface area contributed by atoms with Gasteiger partial charge >= 0.3 is 5.97 Å². The number of aromatic carboxylic acids is 1. The quantitative estimate of drug-likeness (QED) is 0.727. The standard InChI is InChI=1S/C8H4N6O2/c9-3-6-10-4-14(13-6)7-2-1-5(8(15)16)11-12-7/h1-2,4H,(H,15,16). The molecule has 8 nitrogen and oxygen atoms in total. The number of hydrogen-bond donors (Lipinski definition) is 1. The molecule has 0 atom stereocenters. The van der Waals surface area contributed by atoms with Gasteiger partial charge in [-0.25, -0.2) is 9.78 Å². The second kappa shape index (κ2) is 3.74. The largest absolute Gasteiger partial charge is 0.476 e. The fourth-order valence-electron chi connectivity index (χ4n) is 0.986. The van der Waals surface area contributed by atoms with Crippen LogP contribution >= 0.6 is 0 Å². The third-order valence-electron chi connectivity index (χ3n) is 1.70. The molecule has 2 aromatic rings. The molecule has 8 heteroatoms. The fourth-order valence-corrected chi connectivity index (χ4v) is 0.986. The minimum absolute atomic E-state index is 0.00381. The van der Waals surface area contributed by atoms with Crippen molar-refractivity contribution in [1.29, 1.82) is 5.26 Å². The zero-order chi connectivity index (χ0) is 11.5. The molecule has 0 amide bonds. The number of hydrogen-bond acceptors (Lipinski definition) is 6. The Balaban J connectivity index is 2.35. The monoisotopic (exact) mass is 216 g/mol. The minimum Gasteiger partial charge on any atom is -0.476 e. The Bertz CT molecular complexity index is 567. The first-order chi connectivity index (χ1) is 7.70. The average Bonchev–Trinajstić information content (AvgIpc) is 2.77. The van der Waals surface area contributed by atoms with Crippen LogP contribution in [0.2, 0.25) is 0 Å². The molecule has 0 saturated heterocycles. The van der Waals surface area contributed by atoms with Crippen molar-refractivity contribution in [3.63, 3.8) is 0 Å². The molecule has 16 heavy (non-hydrogen) atoms. The highest BCUT2D eigenvalue weighted by atomic mass is 16.4. The van der Waals surface area contributed by atoms with Crippen molar-refractivity contribution in [2.24, 2.45) is 0 Å². The molecule has 2 aromatic heterocycles. The average molecular weight is 216 g/mol. The van der Waals surface area contributed by atoms with Crippen LogP contribution in [0.5, 0.6) is 0 Å². The van der Waals surface area contributed by atoms with E-state index in [4.69, 9.17) is 10.4 Å². The Morgan fingerprint density at radius 1 is 1.44 bits per heavy atom. The molecule has 0 spiro atoms. The molecule has 0 fully saturated rings. The SMILES string of the molecule is N#Cc1ncn(-c2ccc(C(=O)O)nn2)n1. The van der Waals surface area contributed by atoms with Gasteiger partial charge in [-0.2, -0.15) is 9.94 Å². The second-order valence-electron chi connectivity index (χ2n) is 2.71. The number of carboxylic acid groups (broad SMARTS) is 1. The maximum absolute atomic E-state index is 10.5. The summed E-state index contributed by atoms with van der Waals surface area (Å²) in [5.41, 5.74) is -0.163. The Labute approximate surface area is 88.8 Å². The number of rotatable bonds is 2. The third kappa shape index (κ3) is 1.69. The number of carboxylic acids is 1. The maximum atomic E-state index is 10.5. The summed E-state index contributed by atoms with van der Waals surface area (Å²) >= 11 is 0. The highest BCUT2D eigenvalue weighted by Crippen LogP contribution is 2.01. The first kappa shape index (κ1) is 9.72. The molecular formula is C8H4N6O2. The summed E-state index contributed by atoms with van der Waals surface area (Å²) in [6.07, 6.45) is 1.29. The van der Waals surface area contributed by atoms with Crippen LogP contribution in [0.4, 0.5) is 0 Å². The number of aromatic nitrogens is 5. The summed E-state index contributed by atoms with van der Waals surface area (Å²) in [6.45, 7) is 0. The number of carbonyl (C=O) groups is 1. The van der Waals surface area contributed by atoms with Crippen molar-refractivity contribution in [1.82, 2.24) is 25.0 Å². The van der Waals surface area contributed by atoms with Crippen LogP contribution < -0.4 is 0 Å². The lowest BCUT2D eigenvalue weighted by atomic mass is 10.4. The van der Waals surface area contributed by atoms with Crippen molar-refractivity contribution < 1.29 is 9.90 Å². The van der Waals surface area contributed by atoms with E-state index >= 15 is 0 Å². The van der Waals surface area contributed by atoms with E-state index in [2.05, 4.69) is 20.3 Å². The Kier molecular flexibility index (Phi) is 2.27. The lowest BCUT2D eigenvalue weighted by molar-refractivity contribution is 0.0689. The first-order valence-corrected chi connectivity index (χ1v) is 4.10. The Morgan fingerprint density at radius 3 is 2.75 bits per heavy atom. The van der Waals surface area contributed by atoms with Gasteiger partial charge in [0.2, 0.25) is 0 Å². The van der Waals surface area contributed by atoms with Crippen LogP contribution in [0.1, 0.15) is 16.3 Å². The second-order valence-corrected chi connectivity index (χ2v) is 2.71. The zero-order valence-corrected chi connectivity index (χ0v) is 7.77. The molecule has 1 N–H and O–H groups in total. The summed E-state index contributed by atoms with van der Waals surface area (Å²) in [6, 6.07) is 4.47. The van der Waals surface area contributed by atoms with E-state index in [9.17, 15) is 4.79 Å². The molecule has 0 aromatic carbocycles. The van der Waals surface area contributed by atoms with Crippen molar-refractivity contribution >= 4 is 5.97 Å². The lowest BCUT2D eigenvalue weighted by Gasteiger charge is -1.97. The van der Waals surface area contributed by atoms with Crippen LogP contribution in [-0.4, -0.2) is 36.0 Å². The van der Waals surface area contributed by atoms with Crippen LogP contribution in [0, 0.1) is 11.3 Å². The van der Waals surface area contributed by atoms with Crippen molar-refractivity contribution in [3.8, 4) is 11.9 Å². The molecule has 0 radical (unpaired) electrons. The number of nitrogens with zero attached hydrogens (tertiary/aromatic N) is 6. The van der Waals surface area contributed by atoms with Gasteiger partial charge in [0.1, 0.15) is 12.4 Å². The van der Waals surface area contributed by atoms with Crippen molar-refractivity contribution in [2.45, 2.75) is 0 Å². The molecular weight excluding hydrogens is 212 g/mol. The smallest absolute Gasteiger partial charge is 0.356 e. The van der Waals surface area contributed by atoms with Gasteiger partial charge in [0.25, 0.3) is 5.82 Å². The maximum Gasteiger partial charge on any atom is 0.356 e. The fraction of sp³-hybridized carbons (Fsp3) is 0. The van der Waals surface area contributed by atoms with Gasteiger partial charge in [-0.1, -0.05) is 0 Å². The van der Waals surface area contributed by atoms with Crippen LogP contribution in [0.25, 0.3) is 5.82 Å². The van der Waals surface area contributed by atoms with E-state index < -0.39 is 5.97 Å². The van der Waals surface area contributed by atoms with Crippen molar-refractivity contribution in [2.75, 3.05) is 0 Å². The van der Waals surface area contributed by atoms with E-state index in [1.165, 1.54) is 23.1 Å².